The van der Waals surface area contributed by atoms with E-state index in [9.17, 15) is 9.18 Å². The standard InChI is InChI=1S/C18H20FN3O/c1-10-16(20-2)21-17(13-8-11-7-12(11)9-13)22(18(10)23)15-5-3-14(19)4-6-15/h3-6,11-13,20H,7-9H2,1-2H3. The number of halogens is 1. The van der Waals surface area contributed by atoms with Crippen LogP contribution < -0.4 is 10.9 Å². The average Bonchev–Trinajstić information content (AvgIpc) is 3.17. The number of aromatic nitrogens is 2. The van der Waals surface area contributed by atoms with Crippen molar-refractivity contribution in [2.45, 2.75) is 32.1 Å². The largest absolute Gasteiger partial charge is 0.373 e. The smallest absolute Gasteiger partial charge is 0.263 e. The van der Waals surface area contributed by atoms with Crippen molar-refractivity contribution in [3.63, 3.8) is 0 Å². The summed E-state index contributed by atoms with van der Waals surface area (Å²) in [6, 6.07) is 6.07. The summed E-state index contributed by atoms with van der Waals surface area (Å²) in [7, 11) is 1.78. The van der Waals surface area contributed by atoms with Crippen LogP contribution in [0.4, 0.5) is 10.2 Å². The lowest BCUT2D eigenvalue weighted by Crippen LogP contribution is -2.28. The molecule has 0 spiro atoms. The Morgan fingerprint density at radius 3 is 2.43 bits per heavy atom. The normalized spacial score (nSPS) is 25.3. The van der Waals surface area contributed by atoms with Crippen molar-refractivity contribution in [1.29, 1.82) is 0 Å². The second-order valence-electron chi connectivity index (χ2n) is 6.73. The third kappa shape index (κ3) is 2.35. The maximum atomic E-state index is 13.2. The molecule has 1 N–H and O–H groups in total. The molecule has 4 nitrogen and oxygen atoms in total. The fraction of sp³-hybridized carbons (Fsp3) is 0.444. The highest BCUT2D eigenvalue weighted by molar-refractivity contribution is 5.45. The van der Waals surface area contributed by atoms with Gasteiger partial charge in [0.1, 0.15) is 17.5 Å². The van der Waals surface area contributed by atoms with Gasteiger partial charge in [-0.25, -0.2) is 9.37 Å². The van der Waals surface area contributed by atoms with Gasteiger partial charge in [-0.15, -0.1) is 0 Å². The third-order valence-corrected chi connectivity index (χ3v) is 5.26. The molecular weight excluding hydrogens is 293 g/mol. The van der Waals surface area contributed by atoms with Gasteiger partial charge in [-0.05, 0) is 62.3 Å². The molecule has 2 aliphatic carbocycles. The first kappa shape index (κ1) is 14.4. The molecule has 23 heavy (non-hydrogen) atoms. The molecule has 1 aromatic heterocycles. The molecule has 1 aromatic carbocycles. The van der Waals surface area contributed by atoms with E-state index >= 15 is 0 Å². The van der Waals surface area contributed by atoms with Gasteiger partial charge in [0.15, 0.2) is 0 Å². The van der Waals surface area contributed by atoms with Crippen LogP contribution in [0.25, 0.3) is 5.69 Å². The molecule has 2 unspecified atom stereocenters. The summed E-state index contributed by atoms with van der Waals surface area (Å²) in [4.78, 5) is 17.6. The zero-order valence-electron chi connectivity index (χ0n) is 13.3. The second-order valence-corrected chi connectivity index (χ2v) is 6.73. The molecule has 1 heterocycles. The molecule has 2 atom stereocenters. The summed E-state index contributed by atoms with van der Waals surface area (Å²) in [6.07, 6.45) is 3.52. The van der Waals surface area contributed by atoms with Crippen LogP contribution in [0, 0.1) is 24.6 Å². The van der Waals surface area contributed by atoms with E-state index in [4.69, 9.17) is 4.98 Å². The van der Waals surface area contributed by atoms with Gasteiger partial charge < -0.3 is 5.32 Å². The van der Waals surface area contributed by atoms with Crippen molar-refractivity contribution in [3.05, 3.63) is 51.8 Å². The Morgan fingerprint density at radius 1 is 1.17 bits per heavy atom. The van der Waals surface area contributed by atoms with Crippen LogP contribution in [0.5, 0.6) is 0 Å². The van der Waals surface area contributed by atoms with E-state index in [0.29, 0.717) is 23.0 Å². The first-order chi connectivity index (χ1) is 11.1. The van der Waals surface area contributed by atoms with E-state index in [0.717, 1.165) is 30.5 Å². The lowest BCUT2D eigenvalue weighted by atomic mass is 10.0. The van der Waals surface area contributed by atoms with E-state index in [1.807, 2.05) is 0 Å². The molecule has 120 valence electrons. The minimum atomic E-state index is -0.304. The maximum absolute atomic E-state index is 13.2. The minimum absolute atomic E-state index is 0.0773. The van der Waals surface area contributed by atoms with Gasteiger partial charge in [0.2, 0.25) is 0 Å². The lowest BCUT2D eigenvalue weighted by molar-refractivity contribution is 0.567. The van der Waals surface area contributed by atoms with Gasteiger partial charge >= 0.3 is 0 Å². The van der Waals surface area contributed by atoms with E-state index in [1.54, 1.807) is 30.7 Å². The van der Waals surface area contributed by atoms with Crippen molar-refractivity contribution in [2.75, 3.05) is 12.4 Å². The maximum Gasteiger partial charge on any atom is 0.263 e. The zero-order valence-corrected chi connectivity index (χ0v) is 13.3. The van der Waals surface area contributed by atoms with E-state index in [2.05, 4.69) is 5.32 Å². The van der Waals surface area contributed by atoms with Gasteiger partial charge in [-0.1, -0.05) is 0 Å². The number of hydrogen-bond donors (Lipinski definition) is 1. The number of fused-ring (bicyclic) bond motifs is 1. The highest BCUT2D eigenvalue weighted by atomic mass is 19.1. The van der Waals surface area contributed by atoms with Gasteiger partial charge in [0, 0.05) is 13.0 Å². The fourth-order valence-electron chi connectivity index (χ4n) is 3.90. The highest BCUT2D eigenvalue weighted by Crippen LogP contribution is 2.57. The molecular formula is C18H20FN3O. The number of rotatable bonds is 3. The van der Waals surface area contributed by atoms with Crippen molar-refractivity contribution in [3.8, 4) is 5.69 Å². The summed E-state index contributed by atoms with van der Waals surface area (Å²) in [5, 5.41) is 3.03. The number of benzene rings is 1. The number of nitrogens with one attached hydrogen (secondary N) is 1. The monoisotopic (exact) mass is 313 g/mol. The Balaban J connectivity index is 1.89. The van der Waals surface area contributed by atoms with E-state index in [1.165, 1.54) is 18.6 Å². The van der Waals surface area contributed by atoms with Gasteiger partial charge in [0.05, 0.1) is 11.3 Å². The Morgan fingerprint density at radius 2 is 1.83 bits per heavy atom. The minimum Gasteiger partial charge on any atom is -0.373 e. The molecule has 2 saturated carbocycles. The number of anilines is 1. The van der Waals surface area contributed by atoms with Crippen molar-refractivity contribution >= 4 is 5.82 Å². The summed E-state index contributed by atoms with van der Waals surface area (Å²) in [6.45, 7) is 1.77. The van der Waals surface area contributed by atoms with Crippen LogP contribution in [0.1, 0.15) is 36.6 Å². The molecule has 2 fully saturated rings. The molecule has 0 amide bonds. The summed E-state index contributed by atoms with van der Waals surface area (Å²) in [5.74, 6) is 3.06. The third-order valence-electron chi connectivity index (χ3n) is 5.26. The van der Waals surface area contributed by atoms with Crippen molar-refractivity contribution in [2.24, 2.45) is 11.8 Å². The molecule has 2 aliphatic rings. The predicted molar refractivity (Wildman–Crippen MR) is 87.6 cm³/mol. The molecule has 2 aromatic rings. The van der Waals surface area contributed by atoms with E-state index in [-0.39, 0.29) is 11.4 Å². The fourth-order valence-corrected chi connectivity index (χ4v) is 3.90. The van der Waals surface area contributed by atoms with Crippen LogP contribution in [0.15, 0.2) is 29.1 Å². The Kier molecular flexibility index (Phi) is 3.25. The number of hydrogen-bond acceptors (Lipinski definition) is 3. The van der Waals surface area contributed by atoms with Gasteiger partial charge in [-0.2, -0.15) is 0 Å². The molecule has 0 radical (unpaired) electrons. The Hall–Kier alpha value is -2.17. The molecule has 0 saturated heterocycles. The summed E-state index contributed by atoms with van der Waals surface area (Å²) in [5.41, 5.74) is 1.19. The van der Waals surface area contributed by atoms with Gasteiger partial charge in [-0.3, -0.25) is 9.36 Å². The summed E-state index contributed by atoms with van der Waals surface area (Å²) < 4.78 is 14.9. The quantitative estimate of drug-likeness (QED) is 0.946. The summed E-state index contributed by atoms with van der Waals surface area (Å²) >= 11 is 0. The number of nitrogens with zero attached hydrogens (tertiary/aromatic N) is 2. The van der Waals surface area contributed by atoms with Crippen LogP contribution >= 0.6 is 0 Å². The molecule has 5 heteroatoms. The topological polar surface area (TPSA) is 46.9 Å². The van der Waals surface area contributed by atoms with Crippen LogP contribution in [-0.4, -0.2) is 16.6 Å². The average molecular weight is 313 g/mol. The SMILES string of the molecule is CNc1nc(C2CC3CC3C2)n(-c2ccc(F)cc2)c(=O)c1C. The first-order valence-corrected chi connectivity index (χ1v) is 8.15. The van der Waals surface area contributed by atoms with Gasteiger partial charge in [0.25, 0.3) is 5.56 Å². The van der Waals surface area contributed by atoms with Crippen LogP contribution in [0.3, 0.4) is 0 Å². The highest BCUT2D eigenvalue weighted by Gasteiger charge is 2.47. The van der Waals surface area contributed by atoms with Crippen LogP contribution in [0.2, 0.25) is 0 Å². The molecule has 0 bridgehead atoms. The first-order valence-electron chi connectivity index (χ1n) is 8.15. The Labute approximate surface area is 134 Å². The molecule has 0 aliphatic heterocycles. The predicted octanol–water partition coefficient (Wildman–Crippen LogP) is 3.24. The van der Waals surface area contributed by atoms with Crippen molar-refractivity contribution in [1.82, 2.24) is 9.55 Å². The Bertz CT molecular complexity index is 802. The van der Waals surface area contributed by atoms with E-state index < -0.39 is 0 Å². The van der Waals surface area contributed by atoms with Crippen molar-refractivity contribution < 1.29 is 4.39 Å². The molecule has 4 rings (SSSR count). The lowest BCUT2D eigenvalue weighted by Gasteiger charge is -2.20. The van der Waals surface area contributed by atoms with Crippen LogP contribution in [-0.2, 0) is 0 Å². The zero-order chi connectivity index (χ0) is 16.1. The second kappa shape index (κ2) is 5.18.